The number of amides is 1. The second-order valence-corrected chi connectivity index (χ2v) is 8.56. The summed E-state index contributed by atoms with van der Waals surface area (Å²) in [6.07, 6.45) is 0. The van der Waals surface area contributed by atoms with Crippen molar-refractivity contribution < 1.29 is 22.7 Å². The average molecular weight is 423 g/mol. The minimum absolute atomic E-state index is 0.00866. The fourth-order valence-electron chi connectivity index (χ4n) is 2.86. The fourth-order valence-corrected chi connectivity index (χ4v) is 4.50. The van der Waals surface area contributed by atoms with Gasteiger partial charge in [0.1, 0.15) is 0 Å². The third-order valence-electron chi connectivity index (χ3n) is 4.34. The van der Waals surface area contributed by atoms with Gasteiger partial charge in [-0.25, -0.2) is 8.42 Å². The third-order valence-corrected chi connectivity index (χ3v) is 6.57. The average Bonchev–Trinajstić information content (AvgIpc) is 2.69. The molecule has 0 bridgehead atoms. The molecule has 0 atom stereocenters. The largest absolute Gasteiger partial charge is 0.379 e. The number of carbonyl (C=O) groups excluding carboxylic acids is 2. The van der Waals surface area contributed by atoms with Crippen molar-refractivity contribution in [1.29, 1.82) is 0 Å². The lowest BCUT2D eigenvalue weighted by molar-refractivity contribution is 0.0730. The third kappa shape index (κ3) is 4.25. The van der Waals surface area contributed by atoms with Gasteiger partial charge in [-0.05, 0) is 37.3 Å². The number of rotatable bonds is 5. The zero-order valence-corrected chi connectivity index (χ0v) is 16.7. The molecule has 9 heteroatoms. The van der Waals surface area contributed by atoms with Crippen molar-refractivity contribution in [3.63, 3.8) is 0 Å². The van der Waals surface area contributed by atoms with Gasteiger partial charge < -0.3 is 10.1 Å². The molecule has 1 heterocycles. The summed E-state index contributed by atoms with van der Waals surface area (Å²) in [5.41, 5.74) is 0.691. The minimum atomic E-state index is -3.77. The highest BCUT2D eigenvalue weighted by Crippen LogP contribution is 2.25. The van der Waals surface area contributed by atoms with Crippen LogP contribution in [-0.4, -0.2) is 50.7 Å². The number of halogens is 1. The standard InChI is InChI=1S/C19H19ClN2O5S/c1-13(23)15-4-2-3-5-18(15)21-19(24)16-12-14(6-7-17(16)20)28(25,26)22-8-10-27-11-9-22/h2-7,12H,8-11H2,1H3,(H,21,24). The van der Waals surface area contributed by atoms with E-state index in [-0.39, 0.29) is 34.4 Å². The number of hydrogen-bond acceptors (Lipinski definition) is 5. The summed E-state index contributed by atoms with van der Waals surface area (Å²) >= 11 is 6.14. The maximum atomic E-state index is 12.8. The molecular formula is C19H19ClN2O5S. The Morgan fingerprint density at radius 3 is 2.43 bits per heavy atom. The maximum absolute atomic E-state index is 12.8. The highest BCUT2D eigenvalue weighted by Gasteiger charge is 2.27. The van der Waals surface area contributed by atoms with E-state index in [1.54, 1.807) is 24.3 Å². The summed E-state index contributed by atoms with van der Waals surface area (Å²) in [7, 11) is -3.77. The van der Waals surface area contributed by atoms with E-state index >= 15 is 0 Å². The molecule has 1 saturated heterocycles. The van der Waals surface area contributed by atoms with Crippen LogP contribution in [0.15, 0.2) is 47.4 Å². The number of anilines is 1. The van der Waals surface area contributed by atoms with Crippen molar-refractivity contribution >= 4 is 39.0 Å². The quantitative estimate of drug-likeness (QED) is 0.748. The van der Waals surface area contributed by atoms with Crippen LogP contribution in [0, 0.1) is 0 Å². The van der Waals surface area contributed by atoms with E-state index in [1.165, 1.54) is 29.4 Å². The first kappa shape index (κ1) is 20.5. The van der Waals surface area contributed by atoms with Gasteiger partial charge in [-0.2, -0.15) is 4.31 Å². The smallest absolute Gasteiger partial charge is 0.257 e. The molecule has 0 saturated carbocycles. The Kier molecular flexibility index (Phi) is 6.14. The lowest BCUT2D eigenvalue weighted by Crippen LogP contribution is -2.40. The molecular weight excluding hydrogens is 404 g/mol. The Morgan fingerprint density at radius 2 is 1.75 bits per heavy atom. The minimum Gasteiger partial charge on any atom is -0.379 e. The Bertz CT molecular complexity index is 1020. The molecule has 0 aromatic heterocycles. The normalized spacial score (nSPS) is 15.2. The number of nitrogens with one attached hydrogen (secondary N) is 1. The first-order chi connectivity index (χ1) is 13.3. The van der Waals surface area contributed by atoms with Gasteiger partial charge in [0, 0.05) is 18.7 Å². The molecule has 2 aromatic carbocycles. The number of ether oxygens (including phenoxy) is 1. The van der Waals surface area contributed by atoms with Crippen LogP contribution in [0.2, 0.25) is 5.02 Å². The lowest BCUT2D eigenvalue weighted by atomic mass is 10.1. The summed E-state index contributed by atoms with van der Waals surface area (Å²) in [4.78, 5) is 24.4. The van der Waals surface area contributed by atoms with Crippen molar-refractivity contribution in [3.05, 3.63) is 58.6 Å². The van der Waals surface area contributed by atoms with E-state index in [1.807, 2.05) is 0 Å². The lowest BCUT2D eigenvalue weighted by Gasteiger charge is -2.26. The predicted octanol–water partition coefficient (Wildman–Crippen LogP) is 2.82. The van der Waals surface area contributed by atoms with Crippen LogP contribution >= 0.6 is 11.6 Å². The van der Waals surface area contributed by atoms with E-state index in [2.05, 4.69) is 5.32 Å². The second kappa shape index (κ2) is 8.40. The van der Waals surface area contributed by atoms with Crippen molar-refractivity contribution in [3.8, 4) is 0 Å². The van der Waals surface area contributed by atoms with Gasteiger partial charge >= 0.3 is 0 Å². The Labute approximate surface area is 168 Å². The molecule has 7 nitrogen and oxygen atoms in total. The summed E-state index contributed by atoms with van der Waals surface area (Å²) in [5, 5.41) is 2.74. The zero-order valence-electron chi connectivity index (χ0n) is 15.1. The Hall–Kier alpha value is -2.26. The number of sulfonamides is 1. The monoisotopic (exact) mass is 422 g/mol. The van der Waals surface area contributed by atoms with Gasteiger partial charge in [0.2, 0.25) is 10.0 Å². The van der Waals surface area contributed by atoms with Crippen LogP contribution in [0.5, 0.6) is 0 Å². The molecule has 1 fully saturated rings. The van der Waals surface area contributed by atoms with Gasteiger partial charge in [0.15, 0.2) is 5.78 Å². The SMILES string of the molecule is CC(=O)c1ccccc1NC(=O)c1cc(S(=O)(=O)N2CCOCC2)ccc1Cl. The van der Waals surface area contributed by atoms with Crippen molar-refractivity contribution in [2.75, 3.05) is 31.6 Å². The van der Waals surface area contributed by atoms with Gasteiger partial charge in [-0.1, -0.05) is 23.7 Å². The fraction of sp³-hybridized carbons (Fsp3) is 0.263. The summed E-state index contributed by atoms with van der Waals surface area (Å²) in [6, 6.07) is 10.6. The van der Waals surface area contributed by atoms with Crippen LogP contribution in [0.3, 0.4) is 0 Å². The summed E-state index contributed by atoms with van der Waals surface area (Å²) < 4.78 is 32.2. The van der Waals surface area contributed by atoms with Crippen LogP contribution in [-0.2, 0) is 14.8 Å². The number of morpholine rings is 1. The molecule has 28 heavy (non-hydrogen) atoms. The number of hydrogen-bond donors (Lipinski definition) is 1. The number of para-hydroxylation sites is 1. The molecule has 0 radical (unpaired) electrons. The summed E-state index contributed by atoms with van der Waals surface area (Å²) in [6.45, 7) is 2.54. The van der Waals surface area contributed by atoms with Crippen LogP contribution < -0.4 is 5.32 Å². The molecule has 1 amide bonds. The van der Waals surface area contributed by atoms with E-state index < -0.39 is 15.9 Å². The van der Waals surface area contributed by atoms with Gasteiger partial charge in [-0.3, -0.25) is 9.59 Å². The molecule has 0 aliphatic carbocycles. The van der Waals surface area contributed by atoms with Gasteiger partial charge in [0.05, 0.1) is 34.4 Å². The Morgan fingerprint density at radius 1 is 1.07 bits per heavy atom. The molecule has 2 aromatic rings. The number of benzene rings is 2. The molecule has 1 aliphatic rings. The van der Waals surface area contributed by atoms with Crippen LogP contribution in [0.4, 0.5) is 5.69 Å². The molecule has 148 valence electrons. The molecule has 0 spiro atoms. The topological polar surface area (TPSA) is 92.8 Å². The highest BCUT2D eigenvalue weighted by atomic mass is 35.5. The first-order valence-corrected chi connectivity index (χ1v) is 10.4. The van der Waals surface area contributed by atoms with Gasteiger partial charge in [-0.15, -0.1) is 0 Å². The maximum Gasteiger partial charge on any atom is 0.257 e. The van der Waals surface area contributed by atoms with E-state index in [4.69, 9.17) is 16.3 Å². The predicted molar refractivity (Wildman–Crippen MR) is 105 cm³/mol. The zero-order chi connectivity index (χ0) is 20.3. The van der Waals surface area contributed by atoms with Crippen LogP contribution in [0.1, 0.15) is 27.6 Å². The highest BCUT2D eigenvalue weighted by molar-refractivity contribution is 7.89. The van der Waals surface area contributed by atoms with E-state index in [9.17, 15) is 18.0 Å². The molecule has 0 unspecified atom stereocenters. The Balaban J connectivity index is 1.91. The number of carbonyl (C=O) groups is 2. The van der Waals surface area contributed by atoms with E-state index in [0.29, 0.717) is 24.5 Å². The summed E-state index contributed by atoms with van der Waals surface area (Å²) in [5.74, 6) is -0.802. The molecule has 3 rings (SSSR count). The second-order valence-electron chi connectivity index (χ2n) is 6.21. The number of ketones is 1. The van der Waals surface area contributed by atoms with Gasteiger partial charge in [0.25, 0.3) is 5.91 Å². The molecule has 1 aliphatic heterocycles. The van der Waals surface area contributed by atoms with Crippen molar-refractivity contribution in [2.24, 2.45) is 0 Å². The van der Waals surface area contributed by atoms with Crippen LogP contribution in [0.25, 0.3) is 0 Å². The number of nitrogens with zero attached hydrogens (tertiary/aromatic N) is 1. The van der Waals surface area contributed by atoms with E-state index in [0.717, 1.165) is 0 Å². The van der Waals surface area contributed by atoms with Crippen molar-refractivity contribution in [1.82, 2.24) is 4.31 Å². The number of Topliss-reactive ketones (excluding diaryl/α,β-unsaturated/α-hetero) is 1. The first-order valence-electron chi connectivity index (χ1n) is 8.59. The van der Waals surface area contributed by atoms with Crippen molar-refractivity contribution in [2.45, 2.75) is 11.8 Å². The molecule has 1 N–H and O–H groups in total.